The van der Waals surface area contributed by atoms with Gasteiger partial charge in [0.15, 0.2) is 0 Å². The molecule has 3 rings (SSSR count). The van der Waals surface area contributed by atoms with Crippen LogP contribution < -0.4 is 5.73 Å². The number of hydrogen-bond donors (Lipinski definition) is 1. The maximum atomic E-state index is 11.6. The molecule has 0 radical (unpaired) electrons. The van der Waals surface area contributed by atoms with Crippen molar-refractivity contribution in [1.82, 2.24) is 9.80 Å². The van der Waals surface area contributed by atoms with Crippen molar-refractivity contribution in [2.24, 2.45) is 5.73 Å². The minimum absolute atomic E-state index is 0.201. The van der Waals surface area contributed by atoms with Crippen LogP contribution in [0.5, 0.6) is 0 Å². The highest BCUT2D eigenvalue weighted by molar-refractivity contribution is 5.78. The van der Waals surface area contributed by atoms with Crippen molar-refractivity contribution in [2.45, 2.75) is 24.8 Å². The molecular weight excluding hydrogens is 250 g/mol. The van der Waals surface area contributed by atoms with E-state index in [1.165, 1.54) is 5.56 Å². The molecule has 2 N–H and O–H groups in total. The highest BCUT2D eigenvalue weighted by Gasteiger charge is 2.31. The Hall–Kier alpha value is -1.39. The van der Waals surface area contributed by atoms with E-state index >= 15 is 0 Å². The van der Waals surface area contributed by atoms with Crippen molar-refractivity contribution in [1.29, 1.82) is 0 Å². The SMILES string of the molecule is N[C@@H]1CN(CCN2CCCC2=O)C[C@H]1c1ccccc1. The summed E-state index contributed by atoms with van der Waals surface area (Å²) in [7, 11) is 0. The largest absolute Gasteiger partial charge is 0.341 e. The average Bonchev–Trinajstić information content (AvgIpc) is 3.03. The van der Waals surface area contributed by atoms with E-state index in [2.05, 4.69) is 29.2 Å². The summed E-state index contributed by atoms with van der Waals surface area (Å²) < 4.78 is 0. The van der Waals surface area contributed by atoms with Gasteiger partial charge in [0, 0.05) is 51.1 Å². The van der Waals surface area contributed by atoms with E-state index in [9.17, 15) is 4.79 Å². The number of carbonyl (C=O) groups is 1. The molecule has 2 fully saturated rings. The first-order valence-corrected chi connectivity index (χ1v) is 7.54. The van der Waals surface area contributed by atoms with Gasteiger partial charge in [-0.3, -0.25) is 9.69 Å². The Kier molecular flexibility index (Phi) is 4.03. The highest BCUT2D eigenvalue weighted by Crippen LogP contribution is 2.26. The predicted molar refractivity (Wildman–Crippen MR) is 79.4 cm³/mol. The van der Waals surface area contributed by atoms with Gasteiger partial charge in [-0.25, -0.2) is 0 Å². The van der Waals surface area contributed by atoms with Crippen LogP contribution in [0.15, 0.2) is 30.3 Å². The Labute approximate surface area is 120 Å². The van der Waals surface area contributed by atoms with Crippen LogP contribution in [0.4, 0.5) is 0 Å². The third-order valence-electron chi connectivity index (χ3n) is 4.53. The third-order valence-corrected chi connectivity index (χ3v) is 4.53. The molecule has 1 aromatic rings. The minimum Gasteiger partial charge on any atom is -0.341 e. The van der Waals surface area contributed by atoms with Crippen LogP contribution in [-0.4, -0.2) is 54.5 Å². The van der Waals surface area contributed by atoms with Crippen LogP contribution in [0.3, 0.4) is 0 Å². The molecule has 2 saturated heterocycles. The lowest BCUT2D eigenvalue weighted by Crippen LogP contribution is -2.35. The zero-order valence-electron chi connectivity index (χ0n) is 11.9. The number of rotatable bonds is 4. The Morgan fingerprint density at radius 2 is 1.95 bits per heavy atom. The predicted octanol–water partition coefficient (Wildman–Crippen LogP) is 1.04. The first-order chi connectivity index (χ1) is 9.74. The molecule has 2 aliphatic rings. The second-order valence-electron chi connectivity index (χ2n) is 5.92. The van der Waals surface area contributed by atoms with Gasteiger partial charge >= 0.3 is 0 Å². The van der Waals surface area contributed by atoms with E-state index in [0.717, 1.165) is 45.6 Å². The fourth-order valence-corrected chi connectivity index (χ4v) is 3.35. The summed E-state index contributed by atoms with van der Waals surface area (Å²) in [6.45, 7) is 4.67. The normalized spacial score (nSPS) is 27.4. The van der Waals surface area contributed by atoms with E-state index < -0.39 is 0 Å². The molecule has 2 heterocycles. The van der Waals surface area contributed by atoms with Crippen molar-refractivity contribution in [3.63, 3.8) is 0 Å². The molecule has 0 bridgehead atoms. The summed E-state index contributed by atoms with van der Waals surface area (Å²) in [4.78, 5) is 16.0. The van der Waals surface area contributed by atoms with Crippen LogP contribution in [0.25, 0.3) is 0 Å². The lowest BCUT2D eigenvalue weighted by molar-refractivity contribution is -0.127. The lowest BCUT2D eigenvalue weighted by Gasteiger charge is -2.21. The van der Waals surface area contributed by atoms with Gasteiger partial charge in [-0.1, -0.05) is 30.3 Å². The molecular formula is C16H23N3O. The van der Waals surface area contributed by atoms with Crippen LogP contribution >= 0.6 is 0 Å². The smallest absolute Gasteiger partial charge is 0.222 e. The van der Waals surface area contributed by atoms with Gasteiger partial charge in [0.25, 0.3) is 0 Å². The van der Waals surface area contributed by atoms with Crippen LogP contribution in [0.1, 0.15) is 24.3 Å². The Balaban J connectivity index is 1.54. The number of hydrogen-bond acceptors (Lipinski definition) is 3. The van der Waals surface area contributed by atoms with E-state index in [0.29, 0.717) is 11.8 Å². The summed E-state index contributed by atoms with van der Waals surface area (Å²) >= 11 is 0. The second kappa shape index (κ2) is 5.94. The van der Waals surface area contributed by atoms with E-state index in [1.54, 1.807) is 0 Å². The van der Waals surface area contributed by atoms with Crippen LogP contribution in [-0.2, 0) is 4.79 Å². The van der Waals surface area contributed by atoms with Crippen molar-refractivity contribution in [2.75, 3.05) is 32.7 Å². The lowest BCUT2D eigenvalue weighted by atomic mass is 9.95. The van der Waals surface area contributed by atoms with Gasteiger partial charge in [-0.2, -0.15) is 0 Å². The molecule has 1 amide bonds. The second-order valence-corrected chi connectivity index (χ2v) is 5.92. The van der Waals surface area contributed by atoms with Crippen molar-refractivity contribution in [3.8, 4) is 0 Å². The number of amides is 1. The molecule has 4 nitrogen and oxygen atoms in total. The molecule has 20 heavy (non-hydrogen) atoms. The maximum absolute atomic E-state index is 11.6. The zero-order valence-corrected chi connectivity index (χ0v) is 11.9. The van der Waals surface area contributed by atoms with Gasteiger partial charge < -0.3 is 10.6 Å². The monoisotopic (exact) mass is 273 g/mol. The fraction of sp³-hybridized carbons (Fsp3) is 0.562. The molecule has 1 aromatic carbocycles. The standard InChI is InChI=1S/C16H23N3O/c17-15-12-18(9-10-19-8-4-7-16(19)20)11-14(15)13-5-2-1-3-6-13/h1-3,5-6,14-15H,4,7-12,17H2/t14-,15+/m0/s1. The van der Waals surface area contributed by atoms with Gasteiger partial charge in [0.1, 0.15) is 0 Å². The molecule has 0 aliphatic carbocycles. The van der Waals surface area contributed by atoms with Gasteiger partial charge in [-0.05, 0) is 12.0 Å². The summed E-state index contributed by atoms with van der Waals surface area (Å²) in [6.07, 6.45) is 1.75. The number of carbonyl (C=O) groups excluding carboxylic acids is 1. The summed E-state index contributed by atoms with van der Waals surface area (Å²) in [5.74, 6) is 0.735. The Morgan fingerprint density at radius 1 is 1.15 bits per heavy atom. The van der Waals surface area contributed by atoms with Crippen molar-refractivity contribution in [3.05, 3.63) is 35.9 Å². The number of nitrogens with two attached hydrogens (primary N) is 1. The van der Waals surface area contributed by atoms with Crippen molar-refractivity contribution < 1.29 is 4.79 Å². The number of likely N-dealkylation sites (tertiary alicyclic amines) is 2. The molecule has 108 valence electrons. The van der Waals surface area contributed by atoms with Crippen LogP contribution in [0, 0.1) is 0 Å². The van der Waals surface area contributed by atoms with Gasteiger partial charge in [0.05, 0.1) is 0 Å². The van der Waals surface area contributed by atoms with E-state index in [4.69, 9.17) is 5.73 Å². The quantitative estimate of drug-likeness (QED) is 0.891. The summed E-state index contributed by atoms with van der Waals surface area (Å²) in [5.41, 5.74) is 7.62. The maximum Gasteiger partial charge on any atom is 0.222 e. The fourth-order valence-electron chi connectivity index (χ4n) is 3.35. The van der Waals surface area contributed by atoms with E-state index in [1.807, 2.05) is 11.0 Å². The molecule has 0 saturated carbocycles. The number of nitrogens with zero attached hydrogens (tertiary/aromatic N) is 2. The molecule has 0 spiro atoms. The first kappa shape index (κ1) is 13.6. The topological polar surface area (TPSA) is 49.6 Å². The Morgan fingerprint density at radius 3 is 2.65 bits per heavy atom. The number of benzene rings is 1. The third kappa shape index (κ3) is 2.86. The summed E-state index contributed by atoms with van der Waals surface area (Å²) in [6, 6.07) is 10.7. The minimum atomic E-state index is 0.201. The highest BCUT2D eigenvalue weighted by atomic mass is 16.2. The van der Waals surface area contributed by atoms with Gasteiger partial charge in [-0.15, -0.1) is 0 Å². The molecule has 2 atom stereocenters. The van der Waals surface area contributed by atoms with Gasteiger partial charge in [0.2, 0.25) is 5.91 Å². The van der Waals surface area contributed by atoms with Crippen molar-refractivity contribution >= 4 is 5.91 Å². The first-order valence-electron chi connectivity index (χ1n) is 7.54. The van der Waals surface area contributed by atoms with Crippen LogP contribution in [0.2, 0.25) is 0 Å². The average molecular weight is 273 g/mol. The molecule has 4 heteroatoms. The summed E-state index contributed by atoms with van der Waals surface area (Å²) in [5, 5.41) is 0. The molecule has 0 aromatic heterocycles. The zero-order chi connectivity index (χ0) is 13.9. The van der Waals surface area contributed by atoms with E-state index in [-0.39, 0.29) is 6.04 Å². The molecule has 0 unspecified atom stereocenters. The Bertz CT molecular complexity index is 462. The molecule has 2 aliphatic heterocycles.